The van der Waals surface area contributed by atoms with Crippen LogP contribution in [0.4, 0.5) is 5.69 Å². The van der Waals surface area contributed by atoms with Gasteiger partial charge in [0.1, 0.15) is 5.75 Å². The highest BCUT2D eigenvalue weighted by Gasteiger charge is 2.07. The zero-order valence-corrected chi connectivity index (χ0v) is 14.7. The van der Waals surface area contributed by atoms with Gasteiger partial charge in [-0.05, 0) is 48.1 Å². The Kier molecular flexibility index (Phi) is 6.15. The van der Waals surface area contributed by atoms with E-state index in [-0.39, 0.29) is 0 Å². The third-order valence-electron chi connectivity index (χ3n) is 2.86. The summed E-state index contributed by atoms with van der Waals surface area (Å²) in [6.07, 6.45) is 0. The van der Waals surface area contributed by atoms with Gasteiger partial charge in [-0.3, -0.25) is 0 Å². The van der Waals surface area contributed by atoms with Crippen LogP contribution in [0, 0.1) is 0 Å². The molecule has 0 saturated heterocycles. The number of benzene rings is 2. The van der Waals surface area contributed by atoms with Gasteiger partial charge in [0, 0.05) is 21.6 Å². The van der Waals surface area contributed by atoms with Gasteiger partial charge in [-0.2, -0.15) is 0 Å². The molecular weight excluding hydrogens is 363 g/mol. The molecule has 2 rings (SSSR count). The SMILES string of the molecule is COc1ccc(Cl)cc1NC(=S)NCc1ccc(Cl)cc1Cl. The van der Waals surface area contributed by atoms with Crippen LogP contribution in [-0.2, 0) is 6.54 Å². The monoisotopic (exact) mass is 374 g/mol. The lowest BCUT2D eigenvalue weighted by Gasteiger charge is -2.14. The Morgan fingerprint density at radius 2 is 1.77 bits per heavy atom. The molecule has 2 N–H and O–H groups in total. The maximum Gasteiger partial charge on any atom is 0.171 e. The van der Waals surface area contributed by atoms with Gasteiger partial charge in [0.05, 0.1) is 12.8 Å². The Balaban J connectivity index is 2.00. The van der Waals surface area contributed by atoms with Crippen LogP contribution in [-0.4, -0.2) is 12.2 Å². The molecule has 22 heavy (non-hydrogen) atoms. The van der Waals surface area contributed by atoms with Crippen molar-refractivity contribution in [2.24, 2.45) is 0 Å². The van der Waals surface area contributed by atoms with Crippen LogP contribution in [0.1, 0.15) is 5.56 Å². The van der Waals surface area contributed by atoms with E-state index in [4.69, 9.17) is 51.8 Å². The van der Waals surface area contributed by atoms with Gasteiger partial charge in [-0.25, -0.2) is 0 Å². The lowest BCUT2D eigenvalue weighted by molar-refractivity contribution is 0.417. The lowest BCUT2D eigenvalue weighted by atomic mass is 10.2. The molecule has 0 aliphatic rings. The summed E-state index contributed by atoms with van der Waals surface area (Å²) < 4.78 is 5.25. The third-order valence-corrected chi connectivity index (χ3v) is 3.93. The minimum absolute atomic E-state index is 0.437. The van der Waals surface area contributed by atoms with E-state index in [9.17, 15) is 0 Å². The summed E-state index contributed by atoms with van der Waals surface area (Å²) in [5.74, 6) is 0.651. The fourth-order valence-corrected chi connectivity index (χ4v) is 2.61. The Labute approximate surface area is 149 Å². The van der Waals surface area contributed by atoms with Crippen LogP contribution < -0.4 is 15.4 Å². The van der Waals surface area contributed by atoms with E-state index in [1.165, 1.54) is 0 Å². The molecule has 0 fully saturated rings. The number of methoxy groups -OCH3 is 1. The summed E-state index contributed by atoms with van der Waals surface area (Å²) in [5, 5.41) is 8.33. The zero-order valence-electron chi connectivity index (χ0n) is 11.6. The van der Waals surface area contributed by atoms with Crippen LogP contribution >= 0.6 is 47.0 Å². The van der Waals surface area contributed by atoms with Crippen molar-refractivity contribution in [3.63, 3.8) is 0 Å². The molecule has 0 bridgehead atoms. The molecule has 0 amide bonds. The van der Waals surface area contributed by atoms with Gasteiger partial charge in [-0.15, -0.1) is 0 Å². The number of ether oxygens (including phenoxy) is 1. The van der Waals surface area contributed by atoms with Crippen LogP contribution in [0.25, 0.3) is 0 Å². The summed E-state index contributed by atoms with van der Waals surface area (Å²) in [6, 6.07) is 10.6. The highest BCUT2D eigenvalue weighted by atomic mass is 35.5. The summed E-state index contributed by atoms with van der Waals surface area (Å²) in [7, 11) is 1.58. The van der Waals surface area contributed by atoms with Crippen molar-refractivity contribution < 1.29 is 4.74 Å². The van der Waals surface area contributed by atoms with Crippen LogP contribution in [0.2, 0.25) is 15.1 Å². The highest BCUT2D eigenvalue weighted by Crippen LogP contribution is 2.27. The van der Waals surface area contributed by atoms with Crippen molar-refractivity contribution >= 4 is 57.8 Å². The normalized spacial score (nSPS) is 10.2. The molecule has 0 saturated carbocycles. The van der Waals surface area contributed by atoms with E-state index in [0.29, 0.717) is 38.2 Å². The molecule has 0 aromatic heterocycles. The van der Waals surface area contributed by atoms with Gasteiger partial charge in [0.25, 0.3) is 0 Å². The van der Waals surface area contributed by atoms with Crippen molar-refractivity contribution in [3.05, 3.63) is 57.0 Å². The van der Waals surface area contributed by atoms with E-state index < -0.39 is 0 Å². The molecule has 0 unspecified atom stereocenters. The molecule has 0 aliphatic carbocycles. The van der Waals surface area contributed by atoms with Crippen molar-refractivity contribution in [2.75, 3.05) is 12.4 Å². The zero-order chi connectivity index (χ0) is 16.1. The predicted octanol–water partition coefficient (Wildman–Crippen LogP) is 5.14. The standard InChI is InChI=1S/C15H13Cl3N2OS/c1-21-14-5-4-11(17)7-13(14)20-15(22)19-8-9-2-3-10(16)6-12(9)18/h2-7H,8H2,1H3,(H2,19,20,22). The molecule has 2 aromatic carbocycles. The van der Waals surface area contributed by atoms with Crippen molar-refractivity contribution in [1.29, 1.82) is 0 Å². The van der Waals surface area contributed by atoms with Gasteiger partial charge < -0.3 is 15.4 Å². The quantitative estimate of drug-likeness (QED) is 0.725. The van der Waals surface area contributed by atoms with Gasteiger partial charge >= 0.3 is 0 Å². The smallest absolute Gasteiger partial charge is 0.171 e. The number of rotatable bonds is 4. The van der Waals surface area contributed by atoms with Crippen molar-refractivity contribution in [1.82, 2.24) is 5.32 Å². The Bertz CT molecular complexity index is 694. The molecule has 0 heterocycles. The summed E-state index contributed by atoms with van der Waals surface area (Å²) in [6.45, 7) is 0.477. The Morgan fingerprint density at radius 1 is 1.09 bits per heavy atom. The summed E-state index contributed by atoms with van der Waals surface area (Å²) >= 11 is 23.2. The first-order chi connectivity index (χ1) is 10.5. The van der Waals surface area contributed by atoms with Crippen molar-refractivity contribution in [3.8, 4) is 5.75 Å². The van der Waals surface area contributed by atoms with Gasteiger partial charge in [0.15, 0.2) is 5.11 Å². The average Bonchev–Trinajstić information content (AvgIpc) is 2.46. The van der Waals surface area contributed by atoms with E-state index >= 15 is 0 Å². The number of anilines is 1. The molecule has 3 nitrogen and oxygen atoms in total. The van der Waals surface area contributed by atoms with Crippen LogP contribution in [0.3, 0.4) is 0 Å². The van der Waals surface area contributed by atoms with E-state index in [1.54, 1.807) is 37.4 Å². The predicted molar refractivity (Wildman–Crippen MR) is 97.5 cm³/mol. The number of hydrogen-bond acceptors (Lipinski definition) is 2. The van der Waals surface area contributed by atoms with E-state index in [1.807, 2.05) is 6.07 Å². The first kappa shape index (κ1) is 17.2. The lowest BCUT2D eigenvalue weighted by Crippen LogP contribution is -2.28. The van der Waals surface area contributed by atoms with E-state index in [0.717, 1.165) is 5.56 Å². The maximum atomic E-state index is 6.12. The molecule has 0 radical (unpaired) electrons. The second-order valence-corrected chi connectivity index (χ2v) is 6.08. The van der Waals surface area contributed by atoms with Gasteiger partial charge in [0.2, 0.25) is 0 Å². The topological polar surface area (TPSA) is 33.3 Å². The second-order valence-electron chi connectivity index (χ2n) is 4.39. The minimum atomic E-state index is 0.437. The summed E-state index contributed by atoms with van der Waals surface area (Å²) in [5.41, 5.74) is 1.59. The Hall–Kier alpha value is -1.20. The number of halogens is 3. The molecular formula is C15H13Cl3N2OS. The first-order valence-corrected chi connectivity index (χ1v) is 7.86. The third kappa shape index (κ3) is 4.65. The molecule has 0 spiro atoms. The highest BCUT2D eigenvalue weighted by molar-refractivity contribution is 7.80. The molecule has 2 aromatic rings. The second kappa shape index (κ2) is 7.88. The largest absolute Gasteiger partial charge is 0.495 e. The van der Waals surface area contributed by atoms with Crippen molar-refractivity contribution in [2.45, 2.75) is 6.54 Å². The molecule has 116 valence electrons. The number of thiocarbonyl (C=S) groups is 1. The van der Waals surface area contributed by atoms with Crippen LogP contribution in [0.5, 0.6) is 5.75 Å². The van der Waals surface area contributed by atoms with E-state index in [2.05, 4.69) is 10.6 Å². The minimum Gasteiger partial charge on any atom is -0.495 e. The fourth-order valence-electron chi connectivity index (χ4n) is 1.78. The first-order valence-electron chi connectivity index (χ1n) is 6.32. The fraction of sp³-hybridized carbons (Fsp3) is 0.133. The molecule has 0 aliphatic heterocycles. The number of nitrogens with one attached hydrogen (secondary N) is 2. The Morgan fingerprint density at radius 3 is 2.45 bits per heavy atom. The summed E-state index contributed by atoms with van der Waals surface area (Å²) in [4.78, 5) is 0. The number of hydrogen-bond donors (Lipinski definition) is 2. The molecule has 7 heteroatoms. The average molecular weight is 376 g/mol. The van der Waals surface area contributed by atoms with Crippen LogP contribution in [0.15, 0.2) is 36.4 Å². The molecule has 0 atom stereocenters. The maximum absolute atomic E-state index is 6.12. The van der Waals surface area contributed by atoms with Gasteiger partial charge in [-0.1, -0.05) is 40.9 Å².